The lowest BCUT2D eigenvalue weighted by Gasteiger charge is -2.16. The van der Waals surface area contributed by atoms with Crippen LogP contribution in [0.4, 0.5) is 26.3 Å². The molecule has 0 unspecified atom stereocenters. The van der Waals surface area contributed by atoms with Crippen molar-refractivity contribution in [3.05, 3.63) is 5.92 Å². The minimum Gasteiger partial charge on any atom is -0.170 e. The largest absolute Gasteiger partial charge is 0.404 e. The third kappa shape index (κ3) is 2.45. The van der Waals surface area contributed by atoms with E-state index in [1.165, 1.54) is 0 Å². The summed E-state index contributed by atoms with van der Waals surface area (Å²) in [4.78, 5) is 0. The van der Waals surface area contributed by atoms with E-state index in [0.717, 1.165) is 0 Å². The highest BCUT2D eigenvalue weighted by atomic mass is 19.4. The molecule has 0 aromatic rings. The molecule has 0 aliphatic heterocycles. The maximum Gasteiger partial charge on any atom is 0.404 e. The Morgan fingerprint density at radius 2 is 1.00 bits per heavy atom. The van der Waals surface area contributed by atoms with E-state index in [2.05, 4.69) is 0 Å². The summed E-state index contributed by atoms with van der Waals surface area (Å²) in [6.45, 7) is 0. The van der Waals surface area contributed by atoms with Crippen LogP contribution in [0.3, 0.4) is 0 Å². The smallest absolute Gasteiger partial charge is 0.170 e. The molecule has 0 saturated heterocycles. The van der Waals surface area contributed by atoms with Gasteiger partial charge in [0.1, 0.15) is 0 Å². The van der Waals surface area contributed by atoms with E-state index in [1.54, 1.807) is 0 Å². The van der Waals surface area contributed by atoms with Gasteiger partial charge in [-0.1, -0.05) is 0 Å². The molecule has 0 nitrogen and oxygen atoms in total. The van der Waals surface area contributed by atoms with Gasteiger partial charge in [-0.3, -0.25) is 0 Å². The van der Waals surface area contributed by atoms with Crippen LogP contribution in [0.2, 0.25) is 0 Å². The first-order chi connectivity index (χ1) is 4.15. The highest BCUT2D eigenvalue weighted by molar-refractivity contribution is 4.99. The Morgan fingerprint density at radius 1 is 0.800 bits per heavy atom. The van der Waals surface area contributed by atoms with E-state index in [-0.39, 0.29) is 6.92 Å². The second-order valence-corrected chi connectivity index (χ2v) is 1.62. The van der Waals surface area contributed by atoms with Gasteiger partial charge in [0.2, 0.25) is 0 Å². The fourth-order valence-electron chi connectivity index (χ4n) is 0.161. The van der Waals surface area contributed by atoms with Crippen LogP contribution >= 0.6 is 0 Å². The van der Waals surface area contributed by atoms with Crippen LogP contribution in [0, 0.1) is 5.92 Å². The zero-order valence-corrected chi connectivity index (χ0v) is 4.77. The highest BCUT2D eigenvalue weighted by Gasteiger charge is 2.54. The Kier molecular flexibility index (Phi) is 2.22. The highest BCUT2D eigenvalue weighted by Crippen LogP contribution is 2.40. The molecule has 61 valence electrons. The summed E-state index contributed by atoms with van der Waals surface area (Å²) < 4.78 is 67.1. The third-order valence-corrected chi connectivity index (χ3v) is 0.850. The summed E-state index contributed by atoms with van der Waals surface area (Å²) in [6.07, 6.45) is -10.5. The van der Waals surface area contributed by atoms with E-state index in [4.69, 9.17) is 0 Å². The molecule has 1 radical (unpaired) electrons. The number of rotatable bonds is 0. The van der Waals surface area contributed by atoms with E-state index < -0.39 is 18.3 Å². The van der Waals surface area contributed by atoms with E-state index in [1.807, 2.05) is 0 Å². The van der Waals surface area contributed by atoms with E-state index >= 15 is 0 Å². The van der Waals surface area contributed by atoms with Crippen molar-refractivity contribution in [3.8, 4) is 0 Å². The first-order valence-electron chi connectivity index (χ1n) is 2.13. The summed E-state index contributed by atoms with van der Waals surface area (Å²) in [6, 6.07) is 0. The maximum absolute atomic E-state index is 11.2. The number of hydrogen-bond acceptors (Lipinski definition) is 0. The molecule has 0 heterocycles. The summed E-state index contributed by atoms with van der Waals surface area (Å²) in [7, 11) is 0. The number of alkyl halides is 6. The van der Waals surface area contributed by atoms with Crippen LogP contribution in [-0.4, -0.2) is 12.4 Å². The van der Waals surface area contributed by atoms with Gasteiger partial charge in [0, 0.05) is 0 Å². The van der Waals surface area contributed by atoms with Gasteiger partial charge in [0.25, 0.3) is 0 Å². The van der Waals surface area contributed by atoms with Gasteiger partial charge in [-0.15, -0.1) is 0 Å². The van der Waals surface area contributed by atoms with Crippen molar-refractivity contribution >= 4 is 0 Å². The average molecular weight is 165 g/mol. The van der Waals surface area contributed by atoms with Crippen molar-refractivity contribution < 1.29 is 26.3 Å². The fourth-order valence-corrected chi connectivity index (χ4v) is 0.161. The Bertz CT molecular complexity index is 93.9. The molecular weight excluding hydrogens is 162 g/mol. The standard InChI is InChI=1S/C4H3F6/c1-2(3(5,6)7)4(8,9)10/h1H3. The summed E-state index contributed by atoms with van der Waals surface area (Å²) in [5.74, 6) is -2.43. The molecule has 0 aromatic carbocycles. The van der Waals surface area contributed by atoms with E-state index in [9.17, 15) is 26.3 Å². The molecule has 10 heavy (non-hydrogen) atoms. The number of halogens is 6. The van der Waals surface area contributed by atoms with Crippen LogP contribution in [0.15, 0.2) is 0 Å². The van der Waals surface area contributed by atoms with Gasteiger partial charge in [0.15, 0.2) is 5.92 Å². The predicted octanol–water partition coefficient (Wildman–Crippen LogP) is 2.71. The minimum absolute atomic E-state index is 0. The Morgan fingerprint density at radius 3 is 1.00 bits per heavy atom. The molecule has 0 N–H and O–H groups in total. The van der Waals surface area contributed by atoms with Gasteiger partial charge in [0.05, 0.1) is 0 Å². The molecular formula is C4H3F6. The van der Waals surface area contributed by atoms with E-state index in [0.29, 0.717) is 0 Å². The Labute approximate surface area is 52.8 Å². The quantitative estimate of drug-likeness (QED) is 0.484. The number of hydrogen-bond donors (Lipinski definition) is 0. The zero-order valence-electron chi connectivity index (χ0n) is 4.77. The summed E-state index contributed by atoms with van der Waals surface area (Å²) >= 11 is 0. The molecule has 0 bridgehead atoms. The summed E-state index contributed by atoms with van der Waals surface area (Å²) in [5.41, 5.74) is 0. The lowest BCUT2D eigenvalue weighted by Crippen LogP contribution is -2.31. The second kappa shape index (κ2) is 2.32. The lowest BCUT2D eigenvalue weighted by molar-refractivity contribution is -0.202. The van der Waals surface area contributed by atoms with Gasteiger partial charge < -0.3 is 0 Å². The fraction of sp³-hybridized carbons (Fsp3) is 0.750. The molecule has 0 saturated carbocycles. The minimum atomic E-state index is -5.27. The van der Waals surface area contributed by atoms with Crippen molar-refractivity contribution in [1.82, 2.24) is 0 Å². The molecule has 0 aliphatic rings. The van der Waals surface area contributed by atoms with Crippen molar-refractivity contribution in [2.45, 2.75) is 19.3 Å². The van der Waals surface area contributed by atoms with Crippen LogP contribution in [0.5, 0.6) is 0 Å². The van der Waals surface area contributed by atoms with Crippen LogP contribution in [0.1, 0.15) is 6.92 Å². The monoisotopic (exact) mass is 165 g/mol. The topological polar surface area (TPSA) is 0 Å². The first kappa shape index (κ1) is 9.58. The SMILES string of the molecule is C[C](C(F)(F)F)C(F)(F)F. The average Bonchev–Trinajstić information content (AvgIpc) is 1.59. The van der Waals surface area contributed by atoms with Crippen LogP contribution in [0.25, 0.3) is 0 Å². The van der Waals surface area contributed by atoms with Gasteiger partial charge in [-0.2, -0.15) is 26.3 Å². The second-order valence-electron chi connectivity index (χ2n) is 1.62. The van der Waals surface area contributed by atoms with Crippen LogP contribution < -0.4 is 0 Å². The molecule has 6 heteroatoms. The Hall–Kier alpha value is -0.420. The lowest BCUT2D eigenvalue weighted by atomic mass is 10.2. The molecule has 0 fully saturated rings. The molecule has 0 spiro atoms. The van der Waals surface area contributed by atoms with Gasteiger partial charge in [-0.25, -0.2) is 0 Å². The molecule has 0 amide bonds. The predicted molar refractivity (Wildman–Crippen MR) is 21.0 cm³/mol. The van der Waals surface area contributed by atoms with Crippen molar-refractivity contribution in [1.29, 1.82) is 0 Å². The Balaban J connectivity index is 4.23. The third-order valence-electron chi connectivity index (χ3n) is 0.850. The molecule has 0 atom stereocenters. The summed E-state index contributed by atoms with van der Waals surface area (Å²) in [5, 5.41) is 0. The molecule has 0 aliphatic carbocycles. The maximum atomic E-state index is 11.2. The van der Waals surface area contributed by atoms with Crippen molar-refractivity contribution in [3.63, 3.8) is 0 Å². The first-order valence-corrected chi connectivity index (χ1v) is 2.13. The molecule has 0 aromatic heterocycles. The van der Waals surface area contributed by atoms with Crippen molar-refractivity contribution in [2.24, 2.45) is 0 Å². The van der Waals surface area contributed by atoms with Crippen molar-refractivity contribution in [2.75, 3.05) is 0 Å². The van der Waals surface area contributed by atoms with Crippen LogP contribution in [-0.2, 0) is 0 Å². The van der Waals surface area contributed by atoms with Gasteiger partial charge >= 0.3 is 12.4 Å². The normalized spacial score (nSPS) is 14.4. The zero-order chi connectivity index (χ0) is 8.58. The van der Waals surface area contributed by atoms with Gasteiger partial charge in [-0.05, 0) is 6.92 Å². The molecule has 0 rings (SSSR count).